The van der Waals surface area contributed by atoms with E-state index >= 15 is 0 Å². The first-order valence-corrected chi connectivity index (χ1v) is 4.77. The number of aromatic nitrogens is 2. The number of hydrogen-bond acceptors (Lipinski definition) is 3. The maximum absolute atomic E-state index is 9.76. The molecule has 0 radical (unpaired) electrons. The largest absolute Gasteiger partial charge is 0.388 e. The van der Waals surface area contributed by atoms with Crippen LogP contribution >= 0.6 is 0 Å². The lowest BCUT2D eigenvalue weighted by atomic mass is 9.92. The highest BCUT2D eigenvalue weighted by Crippen LogP contribution is 2.30. The molecule has 0 saturated carbocycles. The van der Waals surface area contributed by atoms with Gasteiger partial charge >= 0.3 is 0 Å². The van der Waals surface area contributed by atoms with Crippen LogP contribution in [0.5, 0.6) is 0 Å². The first-order chi connectivity index (χ1) is 6.33. The van der Waals surface area contributed by atoms with Crippen molar-refractivity contribution < 1.29 is 5.11 Å². The number of nitrogens with two attached hydrogens (primary N) is 1. The second-order valence-corrected chi connectivity index (χ2v) is 3.51. The number of nitrogens with one attached hydrogen (secondary N) is 1. The zero-order valence-corrected chi connectivity index (χ0v) is 7.58. The molecule has 0 aliphatic heterocycles. The van der Waals surface area contributed by atoms with E-state index in [1.165, 1.54) is 0 Å². The van der Waals surface area contributed by atoms with Crippen LogP contribution in [0.4, 0.5) is 0 Å². The summed E-state index contributed by atoms with van der Waals surface area (Å²) in [6.45, 7) is 0.587. The highest BCUT2D eigenvalue weighted by Gasteiger charge is 2.23. The maximum atomic E-state index is 9.76. The number of nitrogens with zero attached hydrogens (tertiary/aromatic N) is 1. The maximum Gasteiger partial charge on any atom is 0.0826 e. The molecule has 72 valence electrons. The van der Waals surface area contributed by atoms with Gasteiger partial charge in [0.25, 0.3) is 0 Å². The Balaban J connectivity index is 2.32. The monoisotopic (exact) mass is 181 g/mol. The number of fused-ring (bicyclic) bond motifs is 1. The summed E-state index contributed by atoms with van der Waals surface area (Å²) in [5.41, 5.74) is 8.52. The number of hydrogen-bond donors (Lipinski definition) is 3. The molecule has 1 unspecified atom stereocenters. The average molecular weight is 181 g/mol. The summed E-state index contributed by atoms with van der Waals surface area (Å²) in [4.78, 5) is 0. The third-order valence-corrected chi connectivity index (χ3v) is 2.58. The second-order valence-electron chi connectivity index (χ2n) is 3.51. The number of aryl methyl sites for hydroxylation is 1. The van der Waals surface area contributed by atoms with Crippen molar-refractivity contribution in [3.63, 3.8) is 0 Å². The van der Waals surface area contributed by atoms with E-state index in [1.807, 2.05) is 0 Å². The molecular formula is C9H15N3O. The fraction of sp³-hybridized carbons (Fsp3) is 0.667. The zero-order valence-electron chi connectivity index (χ0n) is 7.58. The van der Waals surface area contributed by atoms with Crippen molar-refractivity contribution in [2.24, 2.45) is 5.73 Å². The summed E-state index contributed by atoms with van der Waals surface area (Å²) in [5.74, 6) is 0. The molecule has 4 heteroatoms. The Labute approximate surface area is 77.1 Å². The van der Waals surface area contributed by atoms with E-state index < -0.39 is 0 Å². The lowest BCUT2D eigenvalue weighted by Crippen LogP contribution is -2.11. The lowest BCUT2D eigenvalue weighted by Gasteiger charge is -2.17. The Kier molecular flexibility index (Phi) is 2.33. The summed E-state index contributed by atoms with van der Waals surface area (Å²) < 4.78 is 0. The van der Waals surface area contributed by atoms with E-state index in [-0.39, 0.29) is 6.10 Å². The standard InChI is InChI=1S/C9H15N3O/c10-5-4-7-9-6(11-12-7)2-1-3-8(9)13/h8,13H,1-5,10H2,(H,11,12). The topological polar surface area (TPSA) is 74.9 Å². The van der Waals surface area contributed by atoms with Crippen molar-refractivity contribution in [1.29, 1.82) is 0 Å². The van der Waals surface area contributed by atoms with Crippen molar-refractivity contribution >= 4 is 0 Å². The molecule has 1 aliphatic carbocycles. The van der Waals surface area contributed by atoms with Gasteiger partial charge in [0, 0.05) is 17.7 Å². The van der Waals surface area contributed by atoms with Crippen LogP contribution < -0.4 is 5.73 Å². The van der Waals surface area contributed by atoms with Gasteiger partial charge in [-0.2, -0.15) is 5.10 Å². The molecule has 0 fully saturated rings. The van der Waals surface area contributed by atoms with Crippen molar-refractivity contribution in [3.05, 3.63) is 17.0 Å². The van der Waals surface area contributed by atoms with E-state index in [9.17, 15) is 5.11 Å². The van der Waals surface area contributed by atoms with Gasteiger partial charge in [0.2, 0.25) is 0 Å². The van der Waals surface area contributed by atoms with E-state index in [0.717, 1.165) is 42.6 Å². The summed E-state index contributed by atoms with van der Waals surface area (Å²) >= 11 is 0. The molecule has 0 bridgehead atoms. The Morgan fingerprint density at radius 1 is 1.62 bits per heavy atom. The SMILES string of the molecule is NCCc1n[nH]c2c1C(O)CCC2. The van der Waals surface area contributed by atoms with Crippen LogP contribution in [0.2, 0.25) is 0 Å². The Hall–Kier alpha value is -0.870. The van der Waals surface area contributed by atoms with Crippen LogP contribution in [0.1, 0.15) is 35.9 Å². The number of aromatic amines is 1. The molecule has 4 N–H and O–H groups in total. The molecule has 0 aromatic carbocycles. The predicted octanol–water partition coefficient (Wildman–Crippen LogP) is 0.281. The van der Waals surface area contributed by atoms with Crippen molar-refractivity contribution in [2.75, 3.05) is 6.54 Å². The average Bonchev–Trinajstić information content (AvgIpc) is 2.51. The summed E-state index contributed by atoms with van der Waals surface area (Å²) in [5, 5.41) is 16.9. The van der Waals surface area contributed by atoms with Gasteiger partial charge in [-0.1, -0.05) is 0 Å². The van der Waals surface area contributed by atoms with Crippen LogP contribution in [0.15, 0.2) is 0 Å². The molecule has 4 nitrogen and oxygen atoms in total. The summed E-state index contributed by atoms with van der Waals surface area (Å²) in [6.07, 6.45) is 3.32. The van der Waals surface area contributed by atoms with Gasteiger partial charge in [-0.25, -0.2) is 0 Å². The van der Waals surface area contributed by atoms with Gasteiger partial charge in [0.05, 0.1) is 11.8 Å². The fourth-order valence-electron chi connectivity index (χ4n) is 1.96. The van der Waals surface area contributed by atoms with Gasteiger partial charge in [-0.15, -0.1) is 0 Å². The highest BCUT2D eigenvalue weighted by molar-refractivity contribution is 5.30. The van der Waals surface area contributed by atoms with E-state index in [1.54, 1.807) is 0 Å². The third-order valence-electron chi connectivity index (χ3n) is 2.58. The third kappa shape index (κ3) is 1.47. The Bertz CT molecular complexity index is 295. The molecule has 1 heterocycles. The first kappa shape index (κ1) is 8.72. The van der Waals surface area contributed by atoms with Crippen LogP contribution in [-0.2, 0) is 12.8 Å². The van der Waals surface area contributed by atoms with Crippen LogP contribution in [-0.4, -0.2) is 21.8 Å². The molecule has 0 amide bonds. The minimum atomic E-state index is -0.330. The van der Waals surface area contributed by atoms with Gasteiger partial charge in [-0.05, 0) is 25.8 Å². The molecule has 1 aromatic rings. The summed E-state index contributed by atoms with van der Waals surface area (Å²) in [6, 6.07) is 0. The minimum Gasteiger partial charge on any atom is -0.388 e. The Morgan fingerprint density at radius 2 is 2.46 bits per heavy atom. The molecule has 0 saturated heterocycles. The van der Waals surface area contributed by atoms with Crippen molar-refractivity contribution in [2.45, 2.75) is 31.8 Å². The number of H-pyrrole nitrogens is 1. The van der Waals surface area contributed by atoms with E-state index in [4.69, 9.17) is 5.73 Å². The molecule has 0 spiro atoms. The van der Waals surface area contributed by atoms with E-state index in [2.05, 4.69) is 10.2 Å². The molecule has 2 rings (SSSR count). The van der Waals surface area contributed by atoms with Gasteiger partial charge < -0.3 is 10.8 Å². The number of rotatable bonds is 2. The van der Waals surface area contributed by atoms with Crippen molar-refractivity contribution in [3.8, 4) is 0 Å². The number of aliphatic hydroxyl groups excluding tert-OH is 1. The highest BCUT2D eigenvalue weighted by atomic mass is 16.3. The van der Waals surface area contributed by atoms with Crippen LogP contribution in [0.25, 0.3) is 0 Å². The second kappa shape index (κ2) is 3.47. The normalized spacial score (nSPS) is 21.5. The van der Waals surface area contributed by atoms with Gasteiger partial charge in [0.1, 0.15) is 0 Å². The molecule has 1 aliphatic rings. The quantitative estimate of drug-likeness (QED) is 0.613. The molecule has 1 aromatic heterocycles. The predicted molar refractivity (Wildman–Crippen MR) is 49.2 cm³/mol. The van der Waals surface area contributed by atoms with Crippen molar-refractivity contribution in [1.82, 2.24) is 10.2 Å². The van der Waals surface area contributed by atoms with E-state index in [0.29, 0.717) is 6.54 Å². The number of aliphatic hydroxyl groups is 1. The molecular weight excluding hydrogens is 166 g/mol. The Morgan fingerprint density at radius 3 is 3.23 bits per heavy atom. The first-order valence-electron chi connectivity index (χ1n) is 4.77. The van der Waals surface area contributed by atoms with Crippen LogP contribution in [0, 0.1) is 0 Å². The zero-order chi connectivity index (χ0) is 9.26. The fourth-order valence-corrected chi connectivity index (χ4v) is 1.96. The minimum absolute atomic E-state index is 0.330. The lowest BCUT2D eigenvalue weighted by molar-refractivity contribution is 0.155. The summed E-state index contributed by atoms with van der Waals surface area (Å²) in [7, 11) is 0. The van der Waals surface area contributed by atoms with Gasteiger partial charge in [0.15, 0.2) is 0 Å². The molecule has 1 atom stereocenters. The molecule has 13 heavy (non-hydrogen) atoms. The van der Waals surface area contributed by atoms with Crippen LogP contribution in [0.3, 0.4) is 0 Å². The smallest absolute Gasteiger partial charge is 0.0826 e. The van der Waals surface area contributed by atoms with Gasteiger partial charge in [-0.3, -0.25) is 5.10 Å².